The summed E-state index contributed by atoms with van der Waals surface area (Å²) in [6, 6.07) is 15.7. The molecule has 1 amide bonds. The quantitative estimate of drug-likeness (QED) is 0.320. The number of anilines is 1. The molecule has 1 spiro atoms. The van der Waals surface area contributed by atoms with Gasteiger partial charge in [0.1, 0.15) is 6.61 Å². The standard InChI is InChI=1S/C25H20Cl3N3O4/c1-13-21(23(31(33)34)25(30-13)17-4-2-3-5-20(17)29-24(25)32)15-10-18(27)22(19(28)11-15)35-12-14-6-8-16(26)9-7-14/h2-11,13,21,23,30H,12H2,1H3,(H,29,32)/t13-,21+,23-,25-/m0/s1. The zero-order valence-corrected chi connectivity index (χ0v) is 20.7. The lowest BCUT2D eigenvalue weighted by molar-refractivity contribution is -0.532. The van der Waals surface area contributed by atoms with Crippen LogP contribution in [0.3, 0.4) is 0 Å². The highest BCUT2D eigenvalue weighted by molar-refractivity contribution is 6.37. The van der Waals surface area contributed by atoms with Gasteiger partial charge in [-0.25, -0.2) is 0 Å². The zero-order chi connectivity index (χ0) is 24.9. The third-order valence-electron chi connectivity index (χ3n) is 6.67. The smallest absolute Gasteiger partial charge is 0.256 e. The normalized spacial score (nSPS) is 24.9. The molecular weight excluding hydrogens is 513 g/mol. The Morgan fingerprint density at radius 2 is 1.71 bits per heavy atom. The molecule has 0 aliphatic carbocycles. The van der Waals surface area contributed by atoms with Crippen LogP contribution in [0.25, 0.3) is 0 Å². The molecule has 2 aliphatic rings. The maximum absolute atomic E-state index is 13.2. The van der Waals surface area contributed by atoms with Crippen molar-refractivity contribution in [2.75, 3.05) is 5.32 Å². The average molecular weight is 533 g/mol. The van der Waals surface area contributed by atoms with Crippen LogP contribution in [-0.4, -0.2) is 22.9 Å². The fraction of sp³-hybridized carbons (Fsp3) is 0.240. The predicted molar refractivity (Wildman–Crippen MR) is 135 cm³/mol. The summed E-state index contributed by atoms with van der Waals surface area (Å²) in [6.45, 7) is 2.03. The summed E-state index contributed by atoms with van der Waals surface area (Å²) in [4.78, 5) is 25.2. The van der Waals surface area contributed by atoms with Crippen molar-refractivity contribution in [3.8, 4) is 5.75 Å². The molecule has 3 aromatic rings. The second-order valence-corrected chi connectivity index (χ2v) is 9.98. The molecule has 1 fully saturated rings. The summed E-state index contributed by atoms with van der Waals surface area (Å²) < 4.78 is 5.85. The lowest BCUT2D eigenvalue weighted by Gasteiger charge is -2.25. The molecule has 2 heterocycles. The van der Waals surface area contributed by atoms with Crippen molar-refractivity contribution in [1.82, 2.24) is 5.32 Å². The van der Waals surface area contributed by atoms with Gasteiger partial charge in [-0.3, -0.25) is 20.2 Å². The molecule has 3 aromatic carbocycles. The number of nitrogens with one attached hydrogen (secondary N) is 2. The summed E-state index contributed by atoms with van der Waals surface area (Å²) in [7, 11) is 0. The zero-order valence-electron chi connectivity index (χ0n) is 18.4. The van der Waals surface area contributed by atoms with Crippen molar-refractivity contribution in [1.29, 1.82) is 0 Å². The van der Waals surface area contributed by atoms with E-state index in [0.29, 0.717) is 21.8 Å². The molecule has 0 bridgehead atoms. The number of amides is 1. The first-order chi connectivity index (χ1) is 16.7. The van der Waals surface area contributed by atoms with Gasteiger partial charge in [0.15, 0.2) is 11.3 Å². The Balaban J connectivity index is 1.50. The molecule has 1 saturated heterocycles. The van der Waals surface area contributed by atoms with E-state index >= 15 is 0 Å². The minimum absolute atomic E-state index is 0.217. The van der Waals surface area contributed by atoms with Crippen LogP contribution in [0.15, 0.2) is 60.7 Å². The third-order valence-corrected chi connectivity index (χ3v) is 7.48. The summed E-state index contributed by atoms with van der Waals surface area (Å²) in [5, 5.41) is 19.6. The Morgan fingerprint density at radius 3 is 2.37 bits per heavy atom. The number of carbonyl (C=O) groups excluding carboxylic acids is 1. The van der Waals surface area contributed by atoms with Gasteiger partial charge in [-0.1, -0.05) is 65.1 Å². The van der Waals surface area contributed by atoms with E-state index in [-0.39, 0.29) is 22.4 Å². The van der Waals surface area contributed by atoms with E-state index in [4.69, 9.17) is 39.5 Å². The second-order valence-electron chi connectivity index (χ2n) is 8.73. The van der Waals surface area contributed by atoms with Crippen LogP contribution in [0.1, 0.15) is 29.5 Å². The molecule has 0 aromatic heterocycles. The van der Waals surface area contributed by atoms with E-state index in [1.54, 1.807) is 48.5 Å². The molecule has 10 heteroatoms. The Kier molecular flexibility index (Phi) is 6.13. The molecule has 7 nitrogen and oxygen atoms in total. The summed E-state index contributed by atoms with van der Waals surface area (Å²) in [5.74, 6) is -0.848. The highest BCUT2D eigenvalue weighted by atomic mass is 35.5. The molecule has 180 valence electrons. The van der Waals surface area contributed by atoms with Crippen molar-refractivity contribution >= 4 is 46.4 Å². The van der Waals surface area contributed by atoms with Crippen molar-refractivity contribution in [2.45, 2.75) is 37.1 Å². The number of rotatable bonds is 5. The van der Waals surface area contributed by atoms with E-state index in [2.05, 4.69) is 10.6 Å². The summed E-state index contributed by atoms with van der Waals surface area (Å²) in [6.07, 6.45) is 0. The lowest BCUT2D eigenvalue weighted by atomic mass is 9.78. The van der Waals surface area contributed by atoms with Crippen LogP contribution in [0.4, 0.5) is 5.69 Å². The molecule has 2 N–H and O–H groups in total. The molecule has 2 aliphatic heterocycles. The molecule has 35 heavy (non-hydrogen) atoms. The number of hydrogen-bond donors (Lipinski definition) is 2. The molecule has 4 atom stereocenters. The van der Waals surface area contributed by atoms with Crippen LogP contribution < -0.4 is 15.4 Å². The highest BCUT2D eigenvalue weighted by Gasteiger charge is 2.67. The van der Waals surface area contributed by atoms with Crippen LogP contribution in [-0.2, 0) is 16.9 Å². The molecule has 0 saturated carbocycles. The number of halogens is 3. The molecule has 0 unspecified atom stereocenters. The minimum atomic E-state index is -1.51. The van der Waals surface area contributed by atoms with Gasteiger partial charge in [-0.2, -0.15) is 0 Å². The van der Waals surface area contributed by atoms with Gasteiger partial charge in [-0.15, -0.1) is 0 Å². The van der Waals surface area contributed by atoms with Crippen LogP contribution in [0.2, 0.25) is 15.1 Å². The molecular formula is C25H20Cl3N3O4. The van der Waals surface area contributed by atoms with Crippen molar-refractivity contribution in [3.05, 3.63) is 103 Å². The Labute approximate surface area is 216 Å². The van der Waals surface area contributed by atoms with Crippen molar-refractivity contribution in [3.63, 3.8) is 0 Å². The van der Waals surface area contributed by atoms with Crippen molar-refractivity contribution in [2.24, 2.45) is 0 Å². The van der Waals surface area contributed by atoms with E-state index in [9.17, 15) is 14.9 Å². The van der Waals surface area contributed by atoms with Crippen LogP contribution in [0.5, 0.6) is 5.75 Å². The summed E-state index contributed by atoms with van der Waals surface area (Å²) in [5.41, 5.74) is 1.04. The van der Waals surface area contributed by atoms with Crippen LogP contribution in [0, 0.1) is 10.1 Å². The topological polar surface area (TPSA) is 93.5 Å². The Morgan fingerprint density at radius 1 is 1.06 bits per heavy atom. The first kappa shape index (κ1) is 23.9. The van der Waals surface area contributed by atoms with Gasteiger partial charge in [0.2, 0.25) is 0 Å². The SMILES string of the molecule is C[C@@H]1N[C@]2(C(=O)Nc3ccccc32)[C@@H]([N+](=O)[O-])[C@H]1c1cc(Cl)c(OCc2ccc(Cl)cc2)c(Cl)c1. The number of benzene rings is 3. The van der Waals surface area contributed by atoms with E-state index in [1.807, 2.05) is 19.1 Å². The van der Waals surface area contributed by atoms with E-state index in [0.717, 1.165) is 5.56 Å². The fourth-order valence-corrected chi connectivity index (χ4v) is 5.94. The van der Waals surface area contributed by atoms with Gasteiger partial charge in [0.05, 0.1) is 16.0 Å². The Bertz CT molecular complexity index is 1310. The number of nitrogens with zero attached hydrogens (tertiary/aromatic N) is 1. The third kappa shape index (κ3) is 3.93. The van der Waals surface area contributed by atoms with E-state index < -0.39 is 34.4 Å². The van der Waals surface area contributed by atoms with Gasteiger partial charge >= 0.3 is 0 Å². The van der Waals surface area contributed by atoms with Gasteiger partial charge in [0, 0.05) is 27.2 Å². The molecule has 0 radical (unpaired) electrons. The maximum Gasteiger partial charge on any atom is 0.256 e. The van der Waals surface area contributed by atoms with Crippen molar-refractivity contribution < 1.29 is 14.5 Å². The second kappa shape index (κ2) is 8.99. The number of hydrogen-bond acceptors (Lipinski definition) is 5. The minimum Gasteiger partial charge on any atom is -0.486 e. The van der Waals surface area contributed by atoms with Gasteiger partial charge in [-0.05, 0) is 48.4 Å². The largest absolute Gasteiger partial charge is 0.486 e. The number of para-hydroxylation sites is 1. The number of carbonyl (C=O) groups is 1. The van der Waals surface area contributed by atoms with Crippen LogP contribution >= 0.6 is 34.8 Å². The highest BCUT2D eigenvalue weighted by Crippen LogP contribution is 2.50. The summed E-state index contributed by atoms with van der Waals surface area (Å²) >= 11 is 19.0. The molecule has 5 rings (SSSR count). The lowest BCUT2D eigenvalue weighted by Crippen LogP contribution is -2.54. The van der Waals surface area contributed by atoms with Gasteiger partial charge < -0.3 is 10.1 Å². The number of ether oxygens (including phenoxy) is 1. The number of fused-ring (bicyclic) bond motifs is 2. The Hall–Kier alpha value is -2.84. The van der Waals surface area contributed by atoms with E-state index in [1.165, 1.54) is 0 Å². The fourth-order valence-electron chi connectivity index (χ4n) is 5.20. The maximum atomic E-state index is 13.2. The number of nitro groups is 1. The predicted octanol–water partition coefficient (Wildman–Crippen LogP) is 5.79. The van der Waals surface area contributed by atoms with Gasteiger partial charge in [0.25, 0.3) is 11.9 Å². The first-order valence-electron chi connectivity index (χ1n) is 10.9. The first-order valence-corrected chi connectivity index (χ1v) is 12.0. The average Bonchev–Trinajstić information content (AvgIpc) is 3.28. The monoisotopic (exact) mass is 531 g/mol.